The van der Waals surface area contributed by atoms with E-state index in [4.69, 9.17) is 23.3 Å². The van der Waals surface area contributed by atoms with E-state index in [1.54, 1.807) is 0 Å². The fourth-order valence-electron chi connectivity index (χ4n) is 10.2. The van der Waals surface area contributed by atoms with Gasteiger partial charge in [0.1, 0.15) is 0 Å². The third kappa shape index (κ3) is 55.0. The van der Waals surface area contributed by atoms with Crippen LogP contribution in [0.3, 0.4) is 0 Å². The smallest absolute Gasteiger partial charge is 0.0654 e. The molecule has 446 valence electrons. The van der Waals surface area contributed by atoms with Gasteiger partial charge in [0.05, 0.1) is 0 Å². The number of esters is 3. The molecule has 11 heteroatoms. The zero-order valence-electron chi connectivity index (χ0n) is 50.2. The Kier molecular flexibility index (Phi) is 57.3. The van der Waals surface area contributed by atoms with Crippen molar-refractivity contribution in [3.63, 3.8) is 0 Å². The number of hydrogen-bond donors (Lipinski definition) is 1. The first kappa shape index (κ1) is 74.2. The minimum Gasteiger partial charge on any atom is -0.0654 e. The van der Waals surface area contributed by atoms with Crippen LogP contribution < -0.4 is 0 Å². The first-order valence-electron chi connectivity index (χ1n) is 32.7. The maximum absolute atomic E-state index is 13.1. The zero-order valence-corrected chi connectivity index (χ0v) is 52.8. The van der Waals surface area contributed by atoms with Gasteiger partial charge in [-0.15, -0.1) is 0 Å². The topological polar surface area (TPSA) is 118 Å². The van der Waals surface area contributed by atoms with Crippen LogP contribution in [0.25, 0.3) is 0 Å². The van der Waals surface area contributed by atoms with Gasteiger partial charge in [-0.05, 0) is 0 Å². The molecule has 1 atom stereocenters. The van der Waals surface area contributed by atoms with Gasteiger partial charge in [-0.25, -0.2) is 0 Å². The molecule has 75 heavy (non-hydrogen) atoms. The van der Waals surface area contributed by atoms with Crippen molar-refractivity contribution in [1.82, 2.24) is 0 Å². The van der Waals surface area contributed by atoms with Crippen molar-refractivity contribution in [2.75, 3.05) is 33.0 Å². The number of unbranched alkanes of at least 4 members (excludes halogenated alkanes) is 42. The number of carbonyl (C=O) groups is 3. The van der Waals surface area contributed by atoms with Gasteiger partial charge in [-0.2, -0.15) is 0 Å². The van der Waals surface area contributed by atoms with E-state index in [1.807, 2.05) is 6.92 Å². The Hall–Kier alpha value is -0.761. The van der Waals surface area contributed by atoms with Crippen molar-refractivity contribution < 1.29 is 42.5 Å². The van der Waals surface area contributed by atoms with Gasteiger partial charge in [0.15, 0.2) is 0 Å². The summed E-state index contributed by atoms with van der Waals surface area (Å²) in [5.74, 6) is -0.706. The number of rotatable bonds is 62. The van der Waals surface area contributed by atoms with Crippen LogP contribution in [0, 0.1) is 5.41 Å². The normalized spacial score (nSPS) is 12.5. The minimum absolute atomic E-state index is 0.00909. The summed E-state index contributed by atoms with van der Waals surface area (Å²) in [5.41, 5.74) is -0.839. The van der Waals surface area contributed by atoms with E-state index in [0.717, 1.165) is 64.2 Å². The van der Waals surface area contributed by atoms with Crippen LogP contribution >= 0.6 is 6.19 Å². The standard InChI is InChI=1S/C64H125O9PSe/c1-5-9-12-15-18-21-24-27-30-33-36-39-42-45-48-52-61(65)69-56-51-57-72-74(68,75)73-60-64(55-8-4,58-70-62(66)53-49-46-43-40-37-34-31-28-25-22-19-16-13-10-6-2)59-71-63(67)54-50-47-44-41-38-35-32-29-26-23-20-17-14-11-7-3/h5-60H2,1-4H3,(H,68,75). The molecule has 9 nitrogen and oxygen atoms in total. The van der Waals surface area contributed by atoms with E-state index >= 15 is 0 Å². The predicted molar refractivity (Wildman–Crippen MR) is 320 cm³/mol. The van der Waals surface area contributed by atoms with Crippen molar-refractivity contribution in [3.8, 4) is 0 Å². The molecule has 0 bridgehead atoms. The van der Waals surface area contributed by atoms with Gasteiger partial charge in [-0.1, -0.05) is 233 Å². The number of carbonyl (C=O) groups excluding carboxylic acids is 3. The van der Waals surface area contributed by atoms with E-state index in [1.165, 1.54) is 231 Å². The molecular weight excluding hydrogens is 1020 g/mol. The van der Waals surface area contributed by atoms with Gasteiger partial charge in [0, 0.05) is 0 Å². The van der Waals surface area contributed by atoms with Crippen molar-refractivity contribution >= 4 is 39.2 Å². The van der Waals surface area contributed by atoms with Crippen LogP contribution in [0.5, 0.6) is 0 Å². The summed E-state index contributed by atoms with van der Waals surface area (Å²) in [7, 11) is 0. The molecule has 0 aliphatic carbocycles. The monoisotopic (exact) mass is 1150 g/mol. The molecule has 0 rings (SSSR count). The molecule has 0 aliphatic rings. The third-order valence-corrected chi connectivity index (χ3v) is 17.4. The molecule has 0 fully saturated rings. The second kappa shape index (κ2) is 57.9. The van der Waals surface area contributed by atoms with Gasteiger partial charge < -0.3 is 0 Å². The Balaban J connectivity index is 4.74. The average molecular weight is 1150 g/mol. The summed E-state index contributed by atoms with van der Waals surface area (Å²) in [6, 6.07) is 0. The molecule has 0 saturated carbocycles. The van der Waals surface area contributed by atoms with Crippen molar-refractivity contribution in [3.05, 3.63) is 0 Å². The number of hydrogen-bond acceptors (Lipinski definition) is 9. The molecule has 0 aromatic rings. The Labute approximate surface area is 473 Å². The molecule has 0 saturated heterocycles. The molecule has 1 N–H and O–H groups in total. The summed E-state index contributed by atoms with van der Waals surface area (Å²) in [6.45, 7) is 9.26. The first-order valence-corrected chi connectivity index (χ1v) is 36.5. The molecule has 0 heterocycles. The fraction of sp³-hybridized carbons (Fsp3) is 0.953. The molecule has 1 unspecified atom stereocenters. The predicted octanol–water partition coefficient (Wildman–Crippen LogP) is 20.4. The van der Waals surface area contributed by atoms with Crippen LogP contribution in [-0.4, -0.2) is 70.9 Å². The average Bonchev–Trinajstić information content (AvgIpc) is 3.40. The minimum atomic E-state index is -3.41. The second-order valence-corrected chi connectivity index (χ2v) is 27.2. The van der Waals surface area contributed by atoms with E-state index in [-0.39, 0.29) is 50.9 Å². The molecule has 0 radical (unpaired) electrons. The zero-order chi connectivity index (χ0) is 54.9. The second-order valence-electron chi connectivity index (χ2n) is 22.8. The maximum atomic E-state index is 13.1. The van der Waals surface area contributed by atoms with E-state index in [9.17, 15) is 19.3 Å². The fourth-order valence-corrected chi connectivity index (χ4v) is 11.8. The van der Waals surface area contributed by atoms with Crippen LogP contribution in [0.15, 0.2) is 0 Å². The summed E-state index contributed by atoms with van der Waals surface area (Å²) < 4.78 is 29.1. The van der Waals surface area contributed by atoms with E-state index < -0.39 is 11.6 Å². The summed E-state index contributed by atoms with van der Waals surface area (Å²) in [5, 5.41) is 0. The van der Waals surface area contributed by atoms with Crippen LogP contribution in [0.2, 0.25) is 0 Å². The molecule has 0 aromatic carbocycles. The Morgan fingerprint density at radius 2 is 0.573 bits per heavy atom. The van der Waals surface area contributed by atoms with Gasteiger partial charge in [0.2, 0.25) is 0 Å². The van der Waals surface area contributed by atoms with Crippen LogP contribution in [0.1, 0.15) is 355 Å². The Morgan fingerprint density at radius 3 is 0.840 bits per heavy atom. The Morgan fingerprint density at radius 1 is 0.320 bits per heavy atom. The van der Waals surface area contributed by atoms with Gasteiger partial charge in [-0.3, -0.25) is 0 Å². The quantitative estimate of drug-likeness (QED) is 0.0209. The summed E-state index contributed by atoms with van der Waals surface area (Å²) >= 11 is 2.71. The van der Waals surface area contributed by atoms with Crippen LogP contribution in [-0.2, 0) is 37.6 Å². The van der Waals surface area contributed by atoms with Crippen molar-refractivity contribution in [2.24, 2.45) is 5.41 Å². The molecular formula is C64H125O9PSe. The van der Waals surface area contributed by atoms with Crippen LogP contribution in [0.4, 0.5) is 0 Å². The molecule has 0 aromatic heterocycles. The molecule has 0 amide bonds. The third-order valence-electron chi connectivity index (χ3n) is 15.2. The molecule has 0 aliphatic heterocycles. The van der Waals surface area contributed by atoms with E-state index in [2.05, 4.69) is 35.9 Å². The summed E-state index contributed by atoms with van der Waals surface area (Å²) in [6.07, 6.45) is 56.8. The van der Waals surface area contributed by atoms with Gasteiger partial charge >= 0.3 is 243 Å². The number of ether oxygens (including phenoxy) is 3. The van der Waals surface area contributed by atoms with Crippen molar-refractivity contribution in [1.29, 1.82) is 0 Å². The van der Waals surface area contributed by atoms with Crippen molar-refractivity contribution in [2.45, 2.75) is 355 Å². The summed E-state index contributed by atoms with van der Waals surface area (Å²) in [4.78, 5) is 49.8. The van der Waals surface area contributed by atoms with E-state index in [0.29, 0.717) is 32.1 Å². The Bertz CT molecular complexity index is 1230. The SMILES string of the molecule is CCCCCCCCCCCCCCCCCC(=O)OCCCOP(O)(=[Se])OCC(CCC)(COC(=O)CCCCCCCCCCCCCCCCC)COC(=O)CCCCCCCCCCCCCCCCC. The molecule has 0 spiro atoms. The first-order chi connectivity index (χ1) is 36.6. The van der Waals surface area contributed by atoms with Gasteiger partial charge in [0.25, 0.3) is 0 Å².